The fourth-order valence-electron chi connectivity index (χ4n) is 4.60. The van der Waals surface area contributed by atoms with E-state index in [1.807, 2.05) is 0 Å². The van der Waals surface area contributed by atoms with Crippen LogP contribution in [0.4, 0.5) is 0 Å². The Hall–Kier alpha value is -2.05. The summed E-state index contributed by atoms with van der Waals surface area (Å²) in [6.45, 7) is 13.4. The van der Waals surface area contributed by atoms with Crippen molar-refractivity contribution in [1.29, 1.82) is 0 Å². The molecule has 2 aliphatic rings. The second kappa shape index (κ2) is 9.63. The predicted octanol–water partition coefficient (Wildman–Crippen LogP) is 2.64. The Morgan fingerprint density at radius 3 is 2.97 bits per heavy atom. The van der Waals surface area contributed by atoms with Crippen molar-refractivity contribution in [3.63, 3.8) is 0 Å². The lowest BCUT2D eigenvalue weighted by Gasteiger charge is -2.29. The largest absolute Gasteiger partial charge is 0.379 e. The number of guanidine groups is 1. The highest BCUT2D eigenvalue weighted by Crippen LogP contribution is 2.22. The van der Waals surface area contributed by atoms with E-state index in [0.717, 1.165) is 70.8 Å². The van der Waals surface area contributed by atoms with Gasteiger partial charge in [0.2, 0.25) is 0 Å². The Morgan fingerprint density at radius 2 is 2.14 bits per heavy atom. The number of likely N-dealkylation sites (tertiary alicyclic amines) is 1. The summed E-state index contributed by atoms with van der Waals surface area (Å²) in [5.41, 5.74) is 3.91. The molecular weight excluding hydrogens is 362 g/mol. The van der Waals surface area contributed by atoms with Gasteiger partial charge < -0.3 is 19.9 Å². The molecule has 4 rings (SSSR count). The summed E-state index contributed by atoms with van der Waals surface area (Å²) in [5.74, 6) is 1.81. The average molecular weight is 398 g/mol. The minimum atomic E-state index is 0.730. The summed E-state index contributed by atoms with van der Waals surface area (Å²) in [6, 6.07) is 6.51. The molecule has 6 heteroatoms. The maximum absolute atomic E-state index is 5.48. The van der Waals surface area contributed by atoms with Crippen molar-refractivity contribution in [2.75, 3.05) is 59.0 Å². The van der Waals surface area contributed by atoms with Crippen LogP contribution in [0.3, 0.4) is 0 Å². The van der Waals surface area contributed by atoms with Gasteiger partial charge >= 0.3 is 0 Å². The maximum Gasteiger partial charge on any atom is 0.193 e. The van der Waals surface area contributed by atoms with Gasteiger partial charge in [0.05, 0.1) is 13.2 Å². The van der Waals surface area contributed by atoms with Crippen molar-refractivity contribution < 1.29 is 4.74 Å². The standard InChI is InChI=1S/C23H35N5O/c1-3-24-23(28-10-8-19(17-28)16-27-11-13-29-14-12-27)25-9-7-20-15-26-22-18(2)5-4-6-21(20)22/h4-6,15,19,26H,3,7-14,16-17H2,1-2H3,(H,24,25). The highest BCUT2D eigenvalue weighted by Gasteiger charge is 2.27. The lowest BCUT2D eigenvalue weighted by Crippen LogP contribution is -2.42. The van der Waals surface area contributed by atoms with E-state index in [1.165, 1.54) is 35.0 Å². The van der Waals surface area contributed by atoms with Gasteiger partial charge in [0.1, 0.15) is 0 Å². The number of H-pyrrole nitrogens is 1. The molecule has 2 fully saturated rings. The van der Waals surface area contributed by atoms with Crippen molar-refractivity contribution in [2.45, 2.75) is 26.7 Å². The van der Waals surface area contributed by atoms with E-state index in [9.17, 15) is 0 Å². The average Bonchev–Trinajstić information content (AvgIpc) is 3.36. The number of rotatable bonds is 6. The first-order valence-electron chi connectivity index (χ1n) is 11.1. The zero-order chi connectivity index (χ0) is 20.1. The summed E-state index contributed by atoms with van der Waals surface area (Å²) < 4.78 is 5.48. The summed E-state index contributed by atoms with van der Waals surface area (Å²) in [7, 11) is 0. The van der Waals surface area contributed by atoms with Gasteiger partial charge in [0.25, 0.3) is 0 Å². The zero-order valence-corrected chi connectivity index (χ0v) is 17.9. The molecule has 0 bridgehead atoms. The third-order valence-corrected chi connectivity index (χ3v) is 6.19. The Bertz CT molecular complexity index is 824. The summed E-state index contributed by atoms with van der Waals surface area (Å²) in [4.78, 5) is 13.4. The van der Waals surface area contributed by atoms with Gasteiger partial charge in [-0.1, -0.05) is 18.2 Å². The van der Waals surface area contributed by atoms with Crippen LogP contribution in [0.15, 0.2) is 29.4 Å². The minimum Gasteiger partial charge on any atom is -0.379 e. The van der Waals surface area contributed by atoms with Crippen molar-refractivity contribution in [3.05, 3.63) is 35.5 Å². The number of hydrogen-bond acceptors (Lipinski definition) is 3. The van der Waals surface area contributed by atoms with Crippen LogP contribution in [0.1, 0.15) is 24.5 Å². The van der Waals surface area contributed by atoms with Crippen LogP contribution >= 0.6 is 0 Å². The molecule has 2 aliphatic heterocycles. The van der Waals surface area contributed by atoms with Crippen molar-refractivity contribution in [2.24, 2.45) is 10.9 Å². The van der Waals surface area contributed by atoms with Gasteiger partial charge in [-0.2, -0.15) is 0 Å². The van der Waals surface area contributed by atoms with E-state index in [1.54, 1.807) is 0 Å². The molecule has 0 saturated carbocycles. The first-order valence-corrected chi connectivity index (χ1v) is 11.1. The lowest BCUT2D eigenvalue weighted by atomic mass is 10.1. The number of para-hydroxylation sites is 1. The number of hydrogen-bond donors (Lipinski definition) is 2. The highest BCUT2D eigenvalue weighted by molar-refractivity contribution is 5.86. The predicted molar refractivity (Wildman–Crippen MR) is 120 cm³/mol. The molecule has 158 valence electrons. The molecular formula is C23H35N5O. The Balaban J connectivity index is 1.34. The Morgan fingerprint density at radius 1 is 1.28 bits per heavy atom. The number of nitrogens with one attached hydrogen (secondary N) is 2. The van der Waals surface area contributed by atoms with Crippen LogP contribution < -0.4 is 5.32 Å². The number of benzene rings is 1. The van der Waals surface area contributed by atoms with Crippen LogP contribution in [0.5, 0.6) is 0 Å². The number of aryl methyl sites for hydroxylation is 1. The fraction of sp³-hybridized carbons (Fsp3) is 0.609. The van der Waals surface area contributed by atoms with Crippen molar-refractivity contribution in [1.82, 2.24) is 20.1 Å². The van der Waals surface area contributed by atoms with Crippen molar-refractivity contribution in [3.8, 4) is 0 Å². The van der Waals surface area contributed by atoms with Gasteiger partial charge in [0, 0.05) is 62.9 Å². The minimum absolute atomic E-state index is 0.730. The number of aromatic nitrogens is 1. The molecule has 2 aromatic rings. The van der Waals surface area contributed by atoms with E-state index >= 15 is 0 Å². The maximum atomic E-state index is 5.48. The van der Waals surface area contributed by atoms with Gasteiger partial charge in [0.15, 0.2) is 5.96 Å². The Labute approximate surface area is 174 Å². The fourth-order valence-corrected chi connectivity index (χ4v) is 4.60. The summed E-state index contributed by atoms with van der Waals surface area (Å²) in [5, 5.41) is 4.84. The third-order valence-electron chi connectivity index (χ3n) is 6.19. The monoisotopic (exact) mass is 397 g/mol. The van der Waals surface area contributed by atoms with Crippen LogP contribution in [0.25, 0.3) is 10.9 Å². The third kappa shape index (κ3) is 4.93. The van der Waals surface area contributed by atoms with Crippen LogP contribution in [-0.2, 0) is 11.2 Å². The molecule has 0 spiro atoms. The molecule has 1 unspecified atom stereocenters. The lowest BCUT2D eigenvalue weighted by molar-refractivity contribution is 0.0315. The molecule has 2 saturated heterocycles. The number of aliphatic imine (C=N–C) groups is 1. The second-order valence-electron chi connectivity index (χ2n) is 8.31. The van der Waals surface area contributed by atoms with Gasteiger partial charge in [-0.25, -0.2) is 0 Å². The van der Waals surface area contributed by atoms with Gasteiger partial charge in [-0.3, -0.25) is 9.89 Å². The zero-order valence-electron chi connectivity index (χ0n) is 17.9. The van der Waals surface area contributed by atoms with E-state index < -0.39 is 0 Å². The van der Waals surface area contributed by atoms with Crippen molar-refractivity contribution >= 4 is 16.9 Å². The van der Waals surface area contributed by atoms with Crippen LogP contribution in [0, 0.1) is 12.8 Å². The molecule has 1 aromatic heterocycles. The number of nitrogens with zero attached hydrogens (tertiary/aromatic N) is 3. The molecule has 0 aliphatic carbocycles. The number of ether oxygens (including phenoxy) is 1. The van der Waals surface area contributed by atoms with E-state index in [0.29, 0.717) is 0 Å². The molecule has 1 atom stereocenters. The topological polar surface area (TPSA) is 55.9 Å². The molecule has 29 heavy (non-hydrogen) atoms. The number of aromatic amines is 1. The Kier molecular flexibility index (Phi) is 6.72. The van der Waals surface area contributed by atoms with E-state index in [2.05, 4.69) is 58.3 Å². The SMILES string of the molecule is CCNC(=NCCc1c[nH]c2c(C)cccc12)N1CCC(CN2CCOCC2)C1. The van der Waals surface area contributed by atoms with E-state index in [-0.39, 0.29) is 0 Å². The molecule has 1 aromatic carbocycles. The molecule has 6 nitrogen and oxygen atoms in total. The summed E-state index contributed by atoms with van der Waals surface area (Å²) in [6.07, 6.45) is 4.36. The molecule has 3 heterocycles. The first-order chi connectivity index (χ1) is 14.2. The molecule has 2 N–H and O–H groups in total. The van der Waals surface area contributed by atoms with E-state index in [4.69, 9.17) is 9.73 Å². The van der Waals surface area contributed by atoms with Gasteiger partial charge in [-0.05, 0) is 43.7 Å². The first kappa shape index (κ1) is 20.2. The normalized spacial score (nSPS) is 21.2. The molecule has 0 amide bonds. The number of morpholine rings is 1. The second-order valence-corrected chi connectivity index (χ2v) is 8.31. The number of fused-ring (bicyclic) bond motifs is 1. The quantitative estimate of drug-likeness (QED) is 0.581. The van der Waals surface area contributed by atoms with Crippen LogP contribution in [-0.4, -0.2) is 79.8 Å². The van der Waals surface area contributed by atoms with Crippen LogP contribution in [0.2, 0.25) is 0 Å². The van der Waals surface area contributed by atoms with Gasteiger partial charge in [-0.15, -0.1) is 0 Å². The smallest absolute Gasteiger partial charge is 0.193 e. The molecule has 0 radical (unpaired) electrons. The summed E-state index contributed by atoms with van der Waals surface area (Å²) >= 11 is 0. The highest BCUT2D eigenvalue weighted by atomic mass is 16.5.